The highest BCUT2D eigenvalue weighted by Crippen LogP contribution is 2.33. The van der Waals surface area contributed by atoms with Crippen LogP contribution in [-0.2, 0) is 14.3 Å². The third kappa shape index (κ3) is 8.46. The summed E-state index contributed by atoms with van der Waals surface area (Å²) >= 11 is 4.29. The van der Waals surface area contributed by atoms with Gasteiger partial charge in [-0.3, -0.25) is 9.59 Å². The predicted octanol–water partition coefficient (Wildman–Crippen LogP) is 3.80. The number of rotatable bonds is 9. The number of carbonyl (C=O) groups excluding carboxylic acids is 3. The van der Waals surface area contributed by atoms with Gasteiger partial charge in [-0.25, -0.2) is 4.79 Å². The van der Waals surface area contributed by atoms with E-state index in [1.54, 1.807) is 32.9 Å². The summed E-state index contributed by atoms with van der Waals surface area (Å²) in [4.78, 5) is 41.1. The van der Waals surface area contributed by atoms with Gasteiger partial charge < -0.3 is 25.4 Å². The van der Waals surface area contributed by atoms with Gasteiger partial charge in [0.2, 0.25) is 11.8 Å². The van der Waals surface area contributed by atoms with Crippen molar-refractivity contribution in [2.75, 3.05) is 5.75 Å². The molecule has 0 bridgehead atoms. The molecule has 1 aromatic rings. The molecule has 2 unspecified atom stereocenters. The van der Waals surface area contributed by atoms with Gasteiger partial charge in [0.15, 0.2) is 0 Å². The molecule has 3 N–H and O–H groups in total. The van der Waals surface area contributed by atoms with Crippen molar-refractivity contribution in [1.82, 2.24) is 15.5 Å². The van der Waals surface area contributed by atoms with E-state index in [4.69, 9.17) is 4.74 Å². The van der Waals surface area contributed by atoms with Gasteiger partial charge in [-0.05, 0) is 72.6 Å². The summed E-state index contributed by atoms with van der Waals surface area (Å²) in [6.07, 6.45) is -0.189. The summed E-state index contributed by atoms with van der Waals surface area (Å²) < 4.78 is 5.31. The fourth-order valence-corrected chi connectivity index (χ4v) is 3.43. The summed E-state index contributed by atoms with van der Waals surface area (Å²) in [5.74, 6) is -0.752. The molecule has 0 aromatic heterocycles. The molecule has 0 saturated carbocycles. The first-order valence-corrected chi connectivity index (χ1v) is 11.8. The molecule has 1 rings (SSSR count). The van der Waals surface area contributed by atoms with Crippen molar-refractivity contribution < 1.29 is 24.2 Å². The van der Waals surface area contributed by atoms with Crippen LogP contribution in [0.15, 0.2) is 24.3 Å². The lowest BCUT2D eigenvalue weighted by molar-refractivity contribution is -0.149. The molecule has 0 spiro atoms. The van der Waals surface area contributed by atoms with Crippen molar-refractivity contribution in [2.45, 2.75) is 91.1 Å². The Kier molecular flexibility index (Phi) is 10.1. The van der Waals surface area contributed by atoms with E-state index in [1.165, 1.54) is 17.0 Å². The van der Waals surface area contributed by atoms with Crippen LogP contribution >= 0.6 is 12.6 Å². The van der Waals surface area contributed by atoms with Crippen LogP contribution < -0.4 is 10.6 Å². The van der Waals surface area contributed by atoms with E-state index >= 15 is 0 Å². The Bertz CT molecular complexity index is 818. The molecule has 8 nitrogen and oxygen atoms in total. The lowest BCUT2D eigenvalue weighted by Gasteiger charge is -2.44. The highest BCUT2D eigenvalue weighted by molar-refractivity contribution is 7.80. The SMILES string of the molecule is CCC(C)(C)N(C(=O)C(CS)NC(=O)OC(C)(C)C)C(C(=O)NC(C)C)c1ccc(O)cc1. The van der Waals surface area contributed by atoms with Crippen LogP contribution in [0.2, 0.25) is 0 Å². The summed E-state index contributed by atoms with van der Waals surface area (Å²) in [5.41, 5.74) is -0.941. The zero-order valence-electron chi connectivity index (χ0n) is 20.9. The number of ether oxygens (including phenoxy) is 1. The molecule has 0 aliphatic heterocycles. The van der Waals surface area contributed by atoms with E-state index in [2.05, 4.69) is 23.3 Å². The molecule has 2 atom stereocenters. The average Bonchev–Trinajstić information content (AvgIpc) is 2.68. The topological polar surface area (TPSA) is 108 Å². The third-order valence-electron chi connectivity index (χ3n) is 5.07. The monoisotopic (exact) mass is 481 g/mol. The number of alkyl carbamates (subject to hydrolysis) is 1. The largest absolute Gasteiger partial charge is 0.508 e. The number of amides is 3. The average molecular weight is 482 g/mol. The number of benzene rings is 1. The summed E-state index contributed by atoms with van der Waals surface area (Å²) in [6, 6.07) is 4.02. The molecule has 0 aliphatic rings. The number of phenolic OH excluding ortho intramolecular Hbond substituents is 1. The fourth-order valence-electron chi connectivity index (χ4n) is 3.19. The van der Waals surface area contributed by atoms with Crippen LogP contribution in [0.5, 0.6) is 5.75 Å². The molecule has 3 amide bonds. The van der Waals surface area contributed by atoms with Gasteiger partial charge in [-0.1, -0.05) is 19.1 Å². The third-order valence-corrected chi connectivity index (χ3v) is 5.44. The Hall–Kier alpha value is -2.42. The second kappa shape index (κ2) is 11.6. The molecule has 0 heterocycles. The first-order valence-electron chi connectivity index (χ1n) is 11.2. The Morgan fingerprint density at radius 1 is 1.06 bits per heavy atom. The zero-order chi connectivity index (χ0) is 25.6. The number of nitrogens with one attached hydrogen (secondary N) is 2. The second-order valence-electron chi connectivity index (χ2n) is 9.91. The van der Waals surface area contributed by atoms with Crippen LogP contribution in [0.3, 0.4) is 0 Å². The van der Waals surface area contributed by atoms with Crippen LogP contribution in [0.1, 0.15) is 73.4 Å². The van der Waals surface area contributed by atoms with E-state index in [1.807, 2.05) is 34.6 Å². The number of aromatic hydroxyl groups is 1. The minimum absolute atomic E-state index is 0.0163. The maximum absolute atomic E-state index is 13.8. The van der Waals surface area contributed by atoms with E-state index in [0.717, 1.165) is 0 Å². The molecule has 186 valence electrons. The van der Waals surface area contributed by atoms with E-state index < -0.39 is 35.2 Å². The highest BCUT2D eigenvalue weighted by atomic mass is 32.1. The molecule has 9 heteroatoms. The zero-order valence-corrected chi connectivity index (χ0v) is 21.8. The quantitative estimate of drug-likeness (QED) is 0.401. The maximum atomic E-state index is 13.8. The molecule has 0 fully saturated rings. The predicted molar refractivity (Wildman–Crippen MR) is 132 cm³/mol. The van der Waals surface area contributed by atoms with Gasteiger partial charge in [-0.2, -0.15) is 12.6 Å². The van der Waals surface area contributed by atoms with Gasteiger partial charge in [-0.15, -0.1) is 0 Å². The molecular formula is C24H39N3O5S. The number of thiol groups is 1. The fraction of sp³-hybridized carbons (Fsp3) is 0.625. The lowest BCUT2D eigenvalue weighted by atomic mass is 9.92. The van der Waals surface area contributed by atoms with Crippen molar-refractivity contribution in [3.8, 4) is 5.75 Å². The van der Waals surface area contributed by atoms with Crippen LogP contribution in [-0.4, -0.2) is 56.9 Å². The van der Waals surface area contributed by atoms with Gasteiger partial charge in [0, 0.05) is 17.3 Å². The minimum Gasteiger partial charge on any atom is -0.508 e. The van der Waals surface area contributed by atoms with Crippen molar-refractivity contribution in [3.05, 3.63) is 29.8 Å². The Labute approximate surface area is 202 Å². The summed E-state index contributed by atoms with van der Waals surface area (Å²) in [7, 11) is 0. The van der Waals surface area contributed by atoms with Crippen molar-refractivity contribution in [2.24, 2.45) is 0 Å². The normalized spacial score (nSPS) is 13.8. The number of hydrogen-bond donors (Lipinski definition) is 4. The molecular weight excluding hydrogens is 442 g/mol. The first-order chi connectivity index (χ1) is 15.1. The minimum atomic E-state index is -1.01. The second-order valence-corrected chi connectivity index (χ2v) is 10.3. The van der Waals surface area contributed by atoms with E-state index in [0.29, 0.717) is 12.0 Å². The van der Waals surface area contributed by atoms with Gasteiger partial charge in [0.25, 0.3) is 0 Å². The first kappa shape index (κ1) is 28.6. The molecule has 0 aliphatic carbocycles. The number of nitrogens with zero attached hydrogens (tertiary/aromatic N) is 1. The lowest BCUT2D eigenvalue weighted by Crippen LogP contribution is -2.60. The number of carbonyl (C=O) groups is 3. The van der Waals surface area contributed by atoms with Crippen molar-refractivity contribution in [1.29, 1.82) is 0 Å². The van der Waals surface area contributed by atoms with Gasteiger partial charge in [0.1, 0.15) is 23.4 Å². The van der Waals surface area contributed by atoms with E-state index in [9.17, 15) is 19.5 Å². The molecule has 33 heavy (non-hydrogen) atoms. The van der Waals surface area contributed by atoms with E-state index in [-0.39, 0.29) is 23.5 Å². The van der Waals surface area contributed by atoms with Crippen LogP contribution in [0.25, 0.3) is 0 Å². The van der Waals surface area contributed by atoms with Gasteiger partial charge >= 0.3 is 6.09 Å². The van der Waals surface area contributed by atoms with Crippen LogP contribution in [0.4, 0.5) is 4.79 Å². The number of hydrogen-bond acceptors (Lipinski definition) is 6. The standard InChI is InChI=1S/C24H39N3O5S/c1-9-24(7,8)27(21(30)18(14-33)26-22(31)32-23(4,5)6)19(20(29)25-15(2)3)16-10-12-17(28)13-11-16/h10-13,15,18-19,28,33H,9,14H2,1-8H3,(H,25,29)(H,26,31). The van der Waals surface area contributed by atoms with Crippen LogP contribution in [0, 0.1) is 0 Å². The molecule has 1 aromatic carbocycles. The Balaban J connectivity index is 3.51. The molecule has 0 saturated heterocycles. The summed E-state index contributed by atoms with van der Waals surface area (Å²) in [6.45, 7) is 14.5. The highest BCUT2D eigenvalue weighted by Gasteiger charge is 2.43. The Morgan fingerprint density at radius 2 is 1.61 bits per heavy atom. The van der Waals surface area contributed by atoms with Crippen molar-refractivity contribution >= 4 is 30.5 Å². The summed E-state index contributed by atoms with van der Waals surface area (Å²) in [5, 5.41) is 15.2. The smallest absolute Gasteiger partial charge is 0.408 e. The number of phenols is 1. The van der Waals surface area contributed by atoms with Crippen molar-refractivity contribution in [3.63, 3.8) is 0 Å². The molecule has 0 radical (unpaired) electrons. The maximum Gasteiger partial charge on any atom is 0.408 e. The van der Waals surface area contributed by atoms with Gasteiger partial charge in [0.05, 0.1) is 0 Å². The Morgan fingerprint density at radius 3 is 2.03 bits per heavy atom.